The quantitative estimate of drug-likeness (QED) is 0.648. The summed E-state index contributed by atoms with van der Waals surface area (Å²) in [5, 5.41) is 4.49. The van der Waals surface area contributed by atoms with Gasteiger partial charge in [-0.3, -0.25) is 4.79 Å². The summed E-state index contributed by atoms with van der Waals surface area (Å²) in [6.07, 6.45) is 11.1. The minimum atomic E-state index is 0.296. The second kappa shape index (κ2) is 8.46. The first-order chi connectivity index (χ1) is 14.8. The van der Waals surface area contributed by atoms with Gasteiger partial charge in [-0.1, -0.05) is 12.1 Å². The van der Waals surface area contributed by atoms with Crippen LogP contribution >= 0.6 is 0 Å². The van der Waals surface area contributed by atoms with Crippen LogP contribution in [-0.2, 0) is 17.6 Å². The van der Waals surface area contributed by atoms with Crippen LogP contribution in [0.2, 0.25) is 0 Å². The number of benzene rings is 1. The molecule has 1 atom stereocenters. The molecule has 2 N–H and O–H groups in total. The number of aryl methyl sites for hydroxylation is 1. The van der Waals surface area contributed by atoms with Crippen LogP contribution in [0.3, 0.4) is 0 Å². The Kier molecular flexibility index (Phi) is 5.39. The Balaban J connectivity index is 1.20. The molecule has 3 aromatic rings. The number of aromatic nitrogens is 3. The van der Waals surface area contributed by atoms with Crippen molar-refractivity contribution in [1.82, 2.24) is 15.0 Å². The van der Waals surface area contributed by atoms with Gasteiger partial charge in [-0.05, 0) is 67.7 Å². The molecule has 6 heteroatoms. The maximum atomic E-state index is 12.8. The van der Waals surface area contributed by atoms with Crippen LogP contribution in [0.1, 0.15) is 43.2 Å². The SMILES string of the molecule is O=C(CNc1cccc2c1CCCC2)CC1CCCN(c2ncnc3[nH]ccc23)C1. The Bertz CT molecular complexity index is 1040. The lowest BCUT2D eigenvalue weighted by atomic mass is 9.90. The fourth-order valence-electron chi connectivity index (χ4n) is 5.07. The highest BCUT2D eigenvalue weighted by Gasteiger charge is 2.24. The van der Waals surface area contributed by atoms with Crippen molar-refractivity contribution >= 4 is 28.3 Å². The van der Waals surface area contributed by atoms with E-state index in [0.717, 1.165) is 61.3 Å². The molecule has 0 radical (unpaired) electrons. The molecule has 1 aromatic carbocycles. The lowest BCUT2D eigenvalue weighted by Crippen LogP contribution is -2.37. The number of Topliss-reactive ketones (excluding diaryl/α,β-unsaturated/α-hetero) is 1. The van der Waals surface area contributed by atoms with Crippen molar-refractivity contribution in [2.24, 2.45) is 5.92 Å². The number of H-pyrrole nitrogens is 1. The Hall–Kier alpha value is -2.89. The topological polar surface area (TPSA) is 73.9 Å². The third-order valence-electron chi connectivity index (χ3n) is 6.54. The second-order valence-electron chi connectivity index (χ2n) is 8.64. The van der Waals surface area contributed by atoms with E-state index in [0.29, 0.717) is 24.7 Å². The number of carbonyl (C=O) groups excluding carboxylic acids is 1. The number of fused-ring (bicyclic) bond motifs is 2. The summed E-state index contributed by atoms with van der Waals surface area (Å²) in [6, 6.07) is 8.49. The molecule has 1 aliphatic heterocycles. The first-order valence-electron chi connectivity index (χ1n) is 11.2. The molecule has 6 nitrogen and oxygen atoms in total. The average molecular weight is 404 g/mol. The van der Waals surface area contributed by atoms with Gasteiger partial charge in [0.25, 0.3) is 0 Å². The number of nitrogens with zero attached hydrogens (tertiary/aromatic N) is 3. The highest BCUT2D eigenvalue weighted by Crippen LogP contribution is 2.29. The summed E-state index contributed by atoms with van der Waals surface area (Å²) in [6.45, 7) is 2.28. The fraction of sp³-hybridized carbons (Fsp3) is 0.458. The first-order valence-corrected chi connectivity index (χ1v) is 11.2. The smallest absolute Gasteiger partial charge is 0.152 e. The van der Waals surface area contributed by atoms with Crippen LogP contribution in [0.25, 0.3) is 11.0 Å². The molecule has 3 heterocycles. The van der Waals surface area contributed by atoms with E-state index in [1.54, 1.807) is 6.33 Å². The van der Waals surface area contributed by atoms with E-state index in [9.17, 15) is 4.79 Å². The number of piperidine rings is 1. The number of hydrogen-bond donors (Lipinski definition) is 2. The average Bonchev–Trinajstić information content (AvgIpc) is 3.27. The number of nitrogens with one attached hydrogen (secondary N) is 2. The zero-order valence-electron chi connectivity index (χ0n) is 17.4. The van der Waals surface area contributed by atoms with E-state index in [1.807, 2.05) is 12.3 Å². The zero-order valence-corrected chi connectivity index (χ0v) is 17.4. The number of rotatable bonds is 6. The number of hydrogen-bond acceptors (Lipinski definition) is 5. The van der Waals surface area contributed by atoms with Crippen molar-refractivity contribution in [2.75, 3.05) is 29.9 Å². The summed E-state index contributed by atoms with van der Waals surface area (Å²) in [5.41, 5.74) is 4.89. The van der Waals surface area contributed by atoms with Crippen LogP contribution in [0, 0.1) is 5.92 Å². The Morgan fingerprint density at radius 1 is 1.17 bits per heavy atom. The maximum Gasteiger partial charge on any atom is 0.152 e. The molecule has 2 aliphatic rings. The fourth-order valence-corrected chi connectivity index (χ4v) is 5.07. The Labute approximate surface area is 177 Å². The highest BCUT2D eigenvalue weighted by atomic mass is 16.1. The standard InChI is InChI=1S/C24H29N5O/c30-19(14-26-22-9-3-7-18-6-1-2-8-20(18)22)13-17-5-4-12-29(15-17)24-21-10-11-25-23(21)27-16-28-24/h3,7,9-11,16-17,26H,1-2,4-6,8,12-15H2,(H,25,27,28). The normalized spacial score (nSPS) is 18.9. The van der Waals surface area contributed by atoms with Crippen LogP contribution in [0.5, 0.6) is 0 Å². The predicted molar refractivity (Wildman–Crippen MR) is 120 cm³/mol. The number of anilines is 2. The molecule has 1 fully saturated rings. The van der Waals surface area contributed by atoms with Gasteiger partial charge in [-0.2, -0.15) is 0 Å². The van der Waals surface area contributed by atoms with Gasteiger partial charge in [0.05, 0.1) is 11.9 Å². The van der Waals surface area contributed by atoms with E-state index in [4.69, 9.17) is 0 Å². The predicted octanol–water partition coefficient (Wildman–Crippen LogP) is 4.12. The second-order valence-corrected chi connectivity index (χ2v) is 8.64. The maximum absolute atomic E-state index is 12.8. The molecular formula is C24H29N5O. The van der Waals surface area contributed by atoms with Gasteiger partial charge in [0, 0.05) is 31.4 Å². The molecule has 1 aliphatic carbocycles. The molecule has 0 saturated carbocycles. The van der Waals surface area contributed by atoms with Crippen LogP contribution < -0.4 is 10.2 Å². The monoisotopic (exact) mass is 403 g/mol. The molecule has 156 valence electrons. The molecule has 1 saturated heterocycles. The molecular weight excluding hydrogens is 374 g/mol. The van der Waals surface area contributed by atoms with Crippen molar-refractivity contribution < 1.29 is 4.79 Å². The lowest BCUT2D eigenvalue weighted by Gasteiger charge is -2.33. The molecule has 0 spiro atoms. The van der Waals surface area contributed by atoms with Crippen LogP contribution in [-0.4, -0.2) is 40.4 Å². The van der Waals surface area contributed by atoms with E-state index in [2.05, 4.69) is 43.4 Å². The van der Waals surface area contributed by atoms with Crippen molar-refractivity contribution in [3.05, 3.63) is 47.9 Å². The molecule has 1 unspecified atom stereocenters. The van der Waals surface area contributed by atoms with Gasteiger partial charge < -0.3 is 15.2 Å². The highest BCUT2D eigenvalue weighted by molar-refractivity contribution is 5.87. The van der Waals surface area contributed by atoms with Gasteiger partial charge in [-0.25, -0.2) is 9.97 Å². The summed E-state index contributed by atoms with van der Waals surface area (Å²) in [7, 11) is 0. The minimum absolute atomic E-state index is 0.296. The lowest BCUT2D eigenvalue weighted by molar-refractivity contribution is -0.118. The molecule has 30 heavy (non-hydrogen) atoms. The van der Waals surface area contributed by atoms with Gasteiger partial charge in [0.1, 0.15) is 17.8 Å². The summed E-state index contributed by atoms with van der Waals surface area (Å²) < 4.78 is 0. The number of carbonyl (C=O) groups is 1. The number of aromatic amines is 1. The van der Waals surface area contributed by atoms with Gasteiger partial charge in [0.15, 0.2) is 5.78 Å². The summed E-state index contributed by atoms with van der Waals surface area (Å²) in [4.78, 5) is 27.1. The van der Waals surface area contributed by atoms with Gasteiger partial charge >= 0.3 is 0 Å². The van der Waals surface area contributed by atoms with Crippen LogP contribution in [0.4, 0.5) is 11.5 Å². The molecule has 0 bridgehead atoms. The van der Waals surface area contributed by atoms with E-state index in [1.165, 1.54) is 24.0 Å². The van der Waals surface area contributed by atoms with Crippen LogP contribution in [0.15, 0.2) is 36.8 Å². The minimum Gasteiger partial charge on any atom is -0.378 e. The molecule has 2 aromatic heterocycles. The Morgan fingerprint density at radius 3 is 3.07 bits per heavy atom. The van der Waals surface area contributed by atoms with Crippen molar-refractivity contribution in [2.45, 2.75) is 44.9 Å². The van der Waals surface area contributed by atoms with E-state index < -0.39 is 0 Å². The number of ketones is 1. The summed E-state index contributed by atoms with van der Waals surface area (Å²) in [5.74, 6) is 1.65. The van der Waals surface area contributed by atoms with Gasteiger partial charge in [-0.15, -0.1) is 0 Å². The third kappa shape index (κ3) is 3.91. The molecule has 5 rings (SSSR count). The van der Waals surface area contributed by atoms with E-state index in [-0.39, 0.29) is 0 Å². The van der Waals surface area contributed by atoms with E-state index >= 15 is 0 Å². The van der Waals surface area contributed by atoms with Gasteiger partial charge in [0.2, 0.25) is 0 Å². The molecule has 0 amide bonds. The van der Waals surface area contributed by atoms with Crippen molar-refractivity contribution in [1.29, 1.82) is 0 Å². The van der Waals surface area contributed by atoms with Crippen molar-refractivity contribution in [3.63, 3.8) is 0 Å². The third-order valence-corrected chi connectivity index (χ3v) is 6.54. The zero-order chi connectivity index (χ0) is 20.3. The largest absolute Gasteiger partial charge is 0.378 e. The Morgan fingerprint density at radius 2 is 2.10 bits per heavy atom. The van der Waals surface area contributed by atoms with Crippen molar-refractivity contribution in [3.8, 4) is 0 Å². The summed E-state index contributed by atoms with van der Waals surface area (Å²) >= 11 is 0. The first kappa shape index (κ1) is 19.1.